The molecule has 0 aromatic heterocycles. The van der Waals surface area contributed by atoms with Crippen LogP contribution in [0.3, 0.4) is 0 Å². The van der Waals surface area contributed by atoms with Crippen LogP contribution in [-0.2, 0) is 5.11 Å². The fraction of sp³-hybridized carbons (Fsp3) is 0. The fourth-order valence-electron chi connectivity index (χ4n) is 0.579. The van der Waals surface area contributed by atoms with Crippen molar-refractivity contribution in [3.63, 3.8) is 0 Å². The Hall–Kier alpha value is -1.18. The molecule has 0 bridgehead atoms. The van der Waals surface area contributed by atoms with E-state index in [1.165, 1.54) is 6.07 Å². The summed E-state index contributed by atoms with van der Waals surface area (Å²) in [5.74, 6) is -0.150. The molecule has 2 radical (unpaired) electrons. The van der Waals surface area contributed by atoms with Crippen molar-refractivity contribution in [1.29, 1.82) is 0 Å². The van der Waals surface area contributed by atoms with E-state index < -0.39 is 0 Å². The zero-order valence-corrected chi connectivity index (χ0v) is 4.92. The molecule has 0 aliphatic heterocycles. The Kier molecular flexibility index (Phi) is 1.30. The Labute approximate surface area is 53.9 Å². The Morgan fingerprint density at radius 3 is 2.56 bits per heavy atom. The van der Waals surface area contributed by atoms with E-state index in [1.54, 1.807) is 12.1 Å². The van der Waals surface area contributed by atoms with Crippen molar-refractivity contribution in [2.24, 2.45) is 0 Å². The summed E-state index contributed by atoms with van der Waals surface area (Å²) in [5.41, 5.74) is 6.23. The smallest absolute Gasteiger partial charge is 0.201 e. The molecule has 0 saturated carbocycles. The molecule has 2 nitrogen and oxygen atoms in total. The van der Waals surface area contributed by atoms with Gasteiger partial charge in [-0.05, 0) is 24.6 Å². The quantitative estimate of drug-likeness (QED) is 0.520. The van der Waals surface area contributed by atoms with E-state index in [-0.39, 0.29) is 11.4 Å². The summed E-state index contributed by atoms with van der Waals surface area (Å²) in [6, 6.07) is 4.68. The lowest BCUT2D eigenvalue weighted by molar-refractivity contribution is 0.357. The molecular weight excluding hydrogens is 114 g/mol. The number of nitrogens with two attached hydrogens (primary N) is 1. The summed E-state index contributed by atoms with van der Waals surface area (Å²) in [7, 11) is 0. The molecule has 0 fully saturated rings. The lowest BCUT2D eigenvalue weighted by atomic mass is 10.2. The van der Waals surface area contributed by atoms with Crippen molar-refractivity contribution in [3.05, 3.63) is 30.7 Å². The van der Waals surface area contributed by atoms with Crippen LogP contribution in [0.5, 0.6) is 5.75 Å². The van der Waals surface area contributed by atoms with Crippen LogP contribution in [0.2, 0.25) is 0 Å². The first kappa shape index (κ1) is 5.95. The lowest BCUT2D eigenvalue weighted by Gasteiger charge is -1.93. The molecule has 1 aromatic carbocycles. The predicted octanol–water partition coefficient (Wildman–Crippen LogP) is 1.59. The number of hydrogen-bond acceptors (Lipinski definition) is 1. The van der Waals surface area contributed by atoms with Gasteiger partial charge in [0.15, 0.2) is 0 Å². The van der Waals surface area contributed by atoms with Crippen molar-refractivity contribution in [2.75, 3.05) is 5.73 Å². The fourth-order valence-corrected chi connectivity index (χ4v) is 0.579. The van der Waals surface area contributed by atoms with Gasteiger partial charge in [-0.25, -0.2) is 0 Å². The summed E-state index contributed by atoms with van der Waals surface area (Å²) >= 11 is 0. The van der Waals surface area contributed by atoms with Crippen LogP contribution in [0.25, 0.3) is 0 Å². The number of anilines is 1. The Balaban J connectivity index is 3.17. The molecule has 0 amide bonds. The van der Waals surface area contributed by atoms with Crippen LogP contribution in [-0.4, -0.2) is 0 Å². The van der Waals surface area contributed by atoms with E-state index in [1.807, 2.05) is 0 Å². The van der Waals surface area contributed by atoms with E-state index in [9.17, 15) is 5.11 Å². The average Bonchev–Trinajstić information content (AvgIpc) is 1.80. The second-order valence-electron chi connectivity index (χ2n) is 1.87. The Morgan fingerprint density at radius 1 is 1.44 bits per heavy atom. The maximum atomic E-state index is 10.7. The summed E-state index contributed by atoms with van der Waals surface area (Å²) < 4.78 is 0. The van der Waals surface area contributed by atoms with Gasteiger partial charge in [0.2, 0.25) is 5.75 Å². The second kappa shape index (κ2) is 1.97. The SMILES string of the molecule is [CH2]c1ccc(N)c([O])c1. The molecular formula is C7H7NO. The summed E-state index contributed by atoms with van der Waals surface area (Å²) in [6.45, 7) is 3.57. The van der Waals surface area contributed by atoms with Crippen LogP contribution in [0, 0.1) is 6.92 Å². The largest absolute Gasteiger partial charge is 0.396 e. The first-order valence-corrected chi connectivity index (χ1v) is 2.58. The topological polar surface area (TPSA) is 45.9 Å². The highest BCUT2D eigenvalue weighted by molar-refractivity contribution is 5.53. The van der Waals surface area contributed by atoms with Crippen LogP contribution >= 0.6 is 0 Å². The third kappa shape index (κ3) is 1.13. The van der Waals surface area contributed by atoms with Crippen LogP contribution in [0.1, 0.15) is 5.56 Å². The predicted molar refractivity (Wildman–Crippen MR) is 35.4 cm³/mol. The number of rotatable bonds is 0. The van der Waals surface area contributed by atoms with Gasteiger partial charge < -0.3 is 5.73 Å². The molecule has 0 atom stereocenters. The first-order valence-electron chi connectivity index (χ1n) is 2.58. The van der Waals surface area contributed by atoms with Crippen molar-refractivity contribution in [1.82, 2.24) is 0 Å². The van der Waals surface area contributed by atoms with Crippen LogP contribution in [0.4, 0.5) is 5.69 Å². The zero-order chi connectivity index (χ0) is 6.85. The molecule has 46 valence electrons. The van der Waals surface area contributed by atoms with Gasteiger partial charge in [-0.1, -0.05) is 6.07 Å². The molecule has 1 aromatic rings. The third-order valence-electron chi connectivity index (χ3n) is 1.08. The molecule has 0 saturated heterocycles. The minimum Gasteiger partial charge on any atom is -0.396 e. The van der Waals surface area contributed by atoms with Gasteiger partial charge in [-0.2, -0.15) is 0 Å². The first-order chi connectivity index (χ1) is 4.20. The monoisotopic (exact) mass is 121 g/mol. The molecule has 0 spiro atoms. The normalized spacial score (nSPS) is 9.44. The average molecular weight is 121 g/mol. The van der Waals surface area contributed by atoms with Crippen molar-refractivity contribution in [3.8, 4) is 5.75 Å². The van der Waals surface area contributed by atoms with Gasteiger partial charge in [-0.15, -0.1) is 0 Å². The minimum atomic E-state index is -0.150. The van der Waals surface area contributed by atoms with E-state index in [0.717, 1.165) is 0 Å². The van der Waals surface area contributed by atoms with Gasteiger partial charge in [0.1, 0.15) is 0 Å². The maximum Gasteiger partial charge on any atom is 0.201 e. The molecule has 0 unspecified atom stereocenters. The molecule has 2 N–H and O–H groups in total. The lowest BCUT2D eigenvalue weighted by Crippen LogP contribution is -1.83. The number of hydrogen-bond donors (Lipinski definition) is 1. The number of benzene rings is 1. The van der Waals surface area contributed by atoms with E-state index in [2.05, 4.69) is 6.92 Å². The highest BCUT2D eigenvalue weighted by atomic mass is 16.3. The minimum absolute atomic E-state index is 0.150. The van der Waals surface area contributed by atoms with Crippen LogP contribution in [0.15, 0.2) is 18.2 Å². The molecule has 1 rings (SSSR count). The van der Waals surface area contributed by atoms with Gasteiger partial charge >= 0.3 is 0 Å². The van der Waals surface area contributed by atoms with E-state index >= 15 is 0 Å². The van der Waals surface area contributed by atoms with E-state index in [0.29, 0.717) is 5.56 Å². The third-order valence-corrected chi connectivity index (χ3v) is 1.08. The molecule has 2 heteroatoms. The standard InChI is InChI=1S/C7H7NO/c1-5-2-3-6(8)7(9)4-5/h2-4H,1,8H2. The highest BCUT2D eigenvalue weighted by Crippen LogP contribution is 2.20. The van der Waals surface area contributed by atoms with Gasteiger partial charge in [0, 0.05) is 0 Å². The summed E-state index contributed by atoms with van der Waals surface area (Å²) in [4.78, 5) is 0. The molecule has 9 heavy (non-hydrogen) atoms. The maximum absolute atomic E-state index is 10.7. The van der Waals surface area contributed by atoms with Crippen LogP contribution < -0.4 is 5.73 Å². The zero-order valence-electron chi connectivity index (χ0n) is 4.92. The van der Waals surface area contributed by atoms with Crippen molar-refractivity contribution < 1.29 is 5.11 Å². The molecule has 0 heterocycles. The van der Waals surface area contributed by atoms with Gasteiger partial charge in [0.05, 0.1) is 5.69 Å². The molecule has 0 aliphatic carbocycles. The number of nitrogen functional groups attached to an aromatic ring is 1. The highest BCUT2D eigenvalue weighted by Gasteiger charge is 1.95. The van der Waals surface area contributed by atoms with Gasteiger partial charge in [-0.3, -0.25) is 5.11 Å². The van der Waals surface area contributed by atoms with Gasteiger partial charge in [0.25, 0.3) is 0 Å². The van der Waals surface area contributed by atoms with Crippen molar-refractivity contribution in [2.45, 2.75) is 0 Å². The van der Waals surface area contributed by atoms with Crippen molar-refractivity contribution >= 4 is 5.69 Å². The Bertz CT molecular complexity index is 220. The summed E-state index contributed by atoms with van der Waals surface area (Å²) in [6.07, 6.45) is 0. The van der Waals surface area contributed by atoms with E-state index in [4.69, 9.17) is 5.73 Å². The second-order valence-corrected chi connectivity index (χ2v) is 1.87. The Morgan fingerprint density at radius 2 is 2.11 bits per heavy atom. The summed E-state index contributed by atoms with van der Waals surface area (Å²) in [5, 5.41) is 10.7. The molecule has 0 aliphatic rings.